The molecule has 0 radical (unpaired) electrons. The molecule has 1 amide bonds. The van der Waals surface area contributed by atoms with Crippen molar-refractivity contribution in [2.75, 3.05) is 13.7 Å². The van der Waals surface area contributed by atoms with Crippen LogP contribution in [0.4, 0.5) is 0 Å². The number of benzene rings is 1. The van der Waals surface area contributed by atoms with Crippen LogP contribution >= 0.6 is 24.0 Å². The Morgan fingerprint density at radius 2 is 2.00 bits per heavy atom. The van der Waals surface area contributed by atoms with Crippen molar-refractivity contribution < 1.29 is 13.9 Å². The molecule has 1 heterocycles. The number of rotatable bonds is 7. The van der Waals surface area contributed by atoms with Crippen molar-refractivity contribution in [2.45, 2.75) is 39.3 Å². The summed E-state index contributed by atoms with van der Waals surface area (Å²) >= 11 is 0. The van der Waals surface area contributed by atoms with Crippen LogP contribution in [0.2, 0.25) is 0 Å². The molecule has 154 valence electrons. The highest BCUT2D eigenvalue weighted by Crippen LogP contribution is 2.22. The first kappa shape index (κ1) is 23.7. The summed E-state index contributed by atoms with van der Waals surface area (Å²) in [6.07, 6.45) is 1.75. The van der Waals surface area contributed by atoms with E-state index in [0.29, 0.717) is 30.7 Å². The summed E-state index contributed by atoms with van der Waals surface area (Å²) in [5, 5.41) is 6.37. The Hall–Kier alpha value is -2.30. The third kappa shape index (κ3) is 7.75. The molecule has 2 rings (SSSR count). The monoisotopic (exact) mass is 501 g/mol. The molecule has 0 aliphatic carbocycles. The van der Waals surface area contributed by atoms with Gasteiger partial charge in [-0.15, -0.1) is 24.0 Å². The van der Waals surface area contributed by atoms with Crippen molar-refractivity contribution in [3.63, 3.8) is 0 Å². The Kier molecular flexibility index (Phi) is 9.23. The number of hydrogen-bond donors (Lipinski definition) is 3. The zero-order chi connectivity index (χ0) is 19.9. The third-order valence-electron chi connectivity index (χ3n) is 3.66. The number of nitrogens with two attached hydrogens (primary N) is 1. The van der Waals surface area contributed by atoms with Gasteiger partial charge in [0.25, 0.3) is 5.91 Å². The number of halogens is 1. The molecule has 0 fully saturated rings. The summed E-state index contributed by atoms with van der Waals surface area (Å²) in [6, 6.07) is 7.41. The second kappa shape index (κ2) is 10.9. The molecule has 0 atom stereocenters. The number of carbonyl (C=O) groups excluding carboxylic acids is 1. The number of hydrogen-bond acceptors (Lipinski definition) is 5. The molecule has 0 bridgehead atoms. The highest BCUT2D eigenvalue weighted by Gasteiger charge is 2.19. The van der Waals surface area contributed by atoms with E-state index in [1.54, 1.807) is 19.3 Å². The average molecular weight is 501 g/mol. The number of oxazole rings is 1. The summed E-state index contributed by atoms with van der Waals surface area (Å²) in [5.74, 6) is 2.14. The molecule has 2 aromatic rings. The van der Waals surface area contributed by atoms with Crippen LogP contribution < -0.4 is 21.1 Å². The smallest absolute Gasteiger partial charge is 0.255 e. The van der Waals surface area contributed by atoms with Crippen LogP contribution in [0, 0.1) is 0 Å². The number of nitrogens with zero attached hydrogens (tertiary/aromatic N) is 2. The van der Waals surface area contributed by atoms with Crippen LogP contribution in [-0.2, 0) is 23.3 Å². The van der Waals surface area contributed by atoms with E-state index in [1.807, 2.05) is 18.2 Å². The number of nitrogens with one attached hydrogen (secondary N) is 2. The van der Waals surface area contributed by atoms with E-state index in [-0.39, 0.29) is 36.0 Å². The molecule has 8 nitrogen and oxygen atoms in total. The van der Waals surface area contributed by atoms with E-state index >= 15 is 0 Å². The Balaban J connectivity index is 0.00000392. The van der Waals surface area contributed by atoms with Crippen molar-refractivity contribution in [1.29, 1.82) is 0 Å². The van der Waals surface area contributed by atoms with Gasteiger partial charge in [-0.05, 0) is 17.7 Å². The maximum absolute atomic E-state index is 10.8. The third-order valence-corrected chi connectivity index (χ3v) is 3.66. The first-order chi connectivity index (χ1) is 12.8. The summed E-state index contributed by atoms with van der Waals surface area (Å²) in [6.45, 7) is 7.04. The molecule has 0 aliphatic heterocycles. The van der Waals surface area contributed by atoms with E-state index in [4.69, 9.17) is 14.9 Å². The molecular formula is C19H28IN5O3. The minimum Gasteiger partial charge on any atom is -0.484 e. The second-order valence-electron chi connectivity index (χ2n) is 7.05. The standard InChI is InChI=1S/C19H27N5O3.HI/c1-19(2,3)15-10-22-17(27-15)11-24-18(21-4)23-9-13-6-5-7-14(8-13)26-12-16(20)25;/h5-8,10H,9,11-12H2,1-4H3,(H2,20,25)(H2,21,23,24);1H. The van der Waals surface area contributed by atoms with Crippen LogP contribution in [0.1, 0.15) is 38.0 Å². The highest BCUT2D eigenvalue weighted by atomic mass is 127. The first-order valence-electron chi connectivity index (χ1n) is 8.67. The Bertz CT molecular complexity index is 799. The Morgan fingerprint density at radius 3 is 2.61 bits per heavy atom. The number of aromatic nitrogens is 1. The Labute approximate surface area is 182 Å². The van der Waals surface area contributed by atoms with Gasteiger partial charge in [0.2, 0.25) is 5.89 Å². The van der Waals surface area contributed by atoms with Gasteiger partial charge >= 0.3 is 0 Å². The van der Waals surface area contributed by atoms with Crippen molar-refractivity contribution in [3.05, 3.63) is 47.7 Å². The molecule has 1 aromatic carbocycles. The molecule has 0 saturated heterocycles. The zero-order valence-corrected chi connectivity index (χ0v) is 18.9. The molecule has 0 spiro atoms. The van der Waals surface area contributed by atoms with Gasteiger partial charge in [-0.1, -0.05) is 32.9 Å². The topological polar surface area (TPSA) is 115 Å². The predicted octanol–water partition coefficient (Wildman–Crippen LogP) is 2.32. The maximum Gasteiger partial charge on any atom is 0.255 e. The largest absolute Gasteiger partial charge is 0.484 e. The van der Waals surface area contributed by atoms with Crippen LogP contribution in [0.25, 0.3) is 0 Å². The average Bonchev–Trinajstić information content (AvgIpc) is 3.10. The lowest BCUT2D eigenvalue weighted by Gasteiger charge is -2.13. The minimum absolute atomic E-state index is 0. The van der Waals surface area contributed by atoms with Crippen LogP contribution in [0.15, 0.2) is 39.9 Å². The van der Waals surface area contributed by atoms with E-state index in [0.717, 1.165) is 11.3 Å². The molecule has 9 heteroatoms. The normalized spacial score (nSPS) is 11.5. The van der Waals surface area contributed by atoms with Gasteiger partial charge in [-0.3, -0.25) is 9.79 Å². The molecule has 0 unspecified atom stereocenters. The summed E-state index contributed by atoms with van der Waals surface area (Å²) < 4.78 is 11.1. The van der Waals surface area contributed by atoms with Gasteiger partial charge in [0.15, 0.2) is 12.6 Å². The maximum atomic E-state index is 10.8. The van der Waals surface area contributed by atoms with Gasteiger partial charge < -0.3 is 25.5 Å². The van der Waals surface area contributed by atoms with Crippen LogP contribution in [-0.4, -0.2) is 30.5 Å². The number of primary amides is 1. The van der Waals surface area contributed by atoms with Crippen LogP contribution in [0.5, 0.6) is 5.75 Å². The fourth-order valence-corrected chi connectivity index (χ4v) is 2.20. The van der Waals surface area contributed by atoms with Gasteiger partial charge in [0, 0.05) is 19.0 Å². The number of carbonyl (C=O) groups is 1. The van der Waals surface area contributed by atoms with Gasteiger partial charge in [0.1, 0.15) is 11.5 Å². The molecule has 4 N–H and O–H groups in total. The second-order valence-corrected chi connectivity index (χ2v) is 7.05. The lowest BCUT2D eigenvalue weighted by Crippen LogP contribution is -2.36. The van der Waals surface area contributed by atoms with Crippen molar-refractivity contribution in [1.82, 2.24) is 15.6 Å². The van der Waals surface area contributed by atoms with Crippen molar-refractivity contribution >= 4 is 35.8 Å². The highest BCUT2D eigenvalue weighted by molar-refractivity contribution is 14.0. The molecular weight excluding hydrogens is 473 g/mol. The fourth-order valence-electron chi connectivity index (χ4n) is 2.20. The van der Waals surface area contributed by atoms with Gasteiger partial charge in [-0.2, -0.15) is 0 Å². The number of amides is 1. The number of guanidine groups is 1. The fraction of sp³-hybridized carbons (Fsp3) is 0.421. The first-order valence-corrected chi connectivity index (χ1v) is 8.67. The molecule has 28 heavy (non-hydrogen) atoms. The molecule has 0 saturated carbocycles. The minimum atomic E-state index is -0.510. The summed E-state index contributed by atoms with van der Waals surface area (Å²) in [4.78, 5) is 19.3. The van der Waals surface area contributed by atoms with E-state index < -0.39 is 5.91 Å². The lowest BCUT2D eigenvalue weighted by atomic mass is 9.94. The lowest BCUT2D eigenvalue weighted by molar-refractivity contribution is -0.119. The summed E-state index contributed by atoms with van der Waals surface area (Å²) in [7, 11) is 1.69. The predicted molar refractivity (Wildman–Crippen MR) is 119 cm³/mol. The van der Waals surface area contributed by atoms with E-state index in [1.165, 1.54) is 0 Å². The summed E-state index contributed by atoms with van der Waals surface area (Å²) in [5.41, 5.74) is 5.99. The zero-order valence-electron chi connectivity index (χ0n) is 16.6. The van der Waals surface area contributed by atoms with E-state index in [9.17, 15) is 4.79 Å². The number of ether oxygens (including phenoxy) is 1. The Morgan fingerprint density at radius 1 is 1.29 bits per heavy atom. The molecule has 1 aromatic heterocycles. The van der Waals surface area contributed by atoms with Gasteiger partial charge in [-0.25, -0.2) is 4.98 Å². The molecule has 0 aliphatic rings. The van der Waals surface area contributed by atoms with Crippen LogP contribution in [0.3, 0.4) is 0 Å². The van der Waals surface area contributed by atoms with Gasteiger partial charge in [0.05, 0.1) is 12.7 Å². The SMILES string of the molecule is CN=C(NCc1cccc(OCC(N)=O)c1)NCc1ncc(C(C)(C)C)o1.I. The van der Waals surface area contributed by atoms with Crippen molar-refractivity contribution in [2.24, 2.45) is 10.7 Å². The number of aliphatic imine (C=N–C) groups is 1. The van der Waals surface area contributed by atoms with E-state index in [2.05, 4.69) is 41.4 Å². The quantitative estimate of drug-likeness (QED) is 0.305. The van der Waals surface area contributed by atoms with Crippen molar-refractivity contribution in [3.8, 4) is 5.75 Å².